The third-order valence-electron chi connectivity index (χ3n) is 2.78. The van der Waals surface area contributed by atoms with Crippen LogP contribution in [0.2, 0.25) is 0 Å². The van der Waals surface area contributed by atoms with E-state index in [2.05, 4.69) is 0 Å². The SMILES string of the molecule is CN1C(=O)[C@H](O)C[C@H]1c1cccc(F)c1. The van der Waals surface area contributed by atoms with Gasteiger partial charge in [-0.2, -0.15) is 0 Å². The van der Waals surface area contributed by atoms with Crippen LogP contribution < -0.4 is 0 Å². The van der Waals surface area contributed by atoms with Crippen LogP contribution in [-0.4, -0.2) is 29.1 Å². The Labute approximate surface area is 87.1 Å². The van der Waals surface area contributed by atoms with E-state index >= 15 is 0 Å². The van der Waals surface area contributed by atoms with Crippen LogP contribution in [0.15, 0.2) is 24.3 Å². The Bertz CT molecular complexity index is 394. The maximum atomic E-state index is 13.0. The molecule has 0 bridgehead atoms. The van der Waals surface area contributed by atoms with Crippen molar-refractivity contribution in [2.75, 3.05) is 7.05 Å². The standard InChI is InChI=1S/C11H12FNO2/c1-13-9(6-10(14)11(13)15)7-3-2-4-8(12)5-7/h2-5,9-10,14H,6H2,1H3/t9-,10+/m0/s1. The molecule has 1 heterocycles. The summed E-state index contributed by atoms with van der Waals surface area (Å²) in [5.41, 5.74) is 0.724. The summed E-state index contributed by atoms with van der Waals surface area (Å²) in [4.78, 5) is 12.8. The van der Waals surface area contributed by atoms with Crippen LogP contribution in [0.1, 0.15) is 18.0 Å². The van der Waals surface area contributed by atoms with Gasteiger partial charge >= 0.3 is 0 Å². The minimum absolute atomic E-state index is 0.219. The van der Waals surface area contributed by atoms with E-state index in [1.807, 2.05) is 0 Å². The minimum atomic E-state index is -0.955. The zero-order valence-electron chi connectivity index (χ0n) is 8.35. The number of nitrogens with zero attached hydrogens (tertiary/aromatic N) is 1. The summed E-state index contributed by atoms with van der Waals surface area (Å²) in [6.07, 6.45) is -0.623. The molecule has 1 aliphatic rings. The van der Waals surface area contributed by atoms with E-state index < -0.39 is 6.10 Å². The van der Waals surface area contributed by atoms with Gasteiger partial charge in [0.25, 0.3) is 5.91 Å². The van der Waals surface area contributed by atoms with Gasteiger partial charge in [0.15, 0.2) is 0 Å². The zero-order valence-corrected chi connectivity index (χ0v) is 8.35. The first kappa shape index (κ1) is 10.1. The molecule has 15 heavy (non-hydrogen) atoms. The molecular formula is C11H12FNO2. The monoisotopic (exact) mass is 209 g/mol. The smallest absolute Gasteiger partial charge is 0.251 e. The molecule has 0 saturated carbocycles. The summed E-state index contributed by atoms with van der Waals surface area (Å²) in [5.74, 6) is -0.626. The van der Waals surface area contributed by atoms with Crippen molar-refractivity contribution in [1.82, 2.24) is 4.90 Å². The average Bonchev–Trinajstić information content (AvgIpc) is 2.46. The Balaban J connectivity index is 2.29. The highest BCUT2D eigenvalue weighted by atomic mass is 19.1. The van der Waals surface area contributed by atoms with Crippen LogP contribution >= 0.6 is 0 Å². The maximum absolute atomic E-state index is 13.0. The van der Waals surface area contributed by atoms with Gasteiger partial charge in [0.2, 0.25) is 0 Å². The quantitative estimate of drug-likeness (QED) is 0.752. The average molecular weight is 209 g/mol. The molecule has 0 aliphatic carbocycles. The van der Waals surface area contributed by atoms with Crippen molar-refractivity contribution in [2.24, 2.45) is 0 Å². The molecule has 4 heteroatoms. The van der Waals surface area contributed by atoms with E-state index in [1.165, 1.54) is 17.0 Å². The summed E-state index contributed by atoms with van der Waals surface area (Å²) in [5, 5.41) is 9.38. The number of carbonyl (C=O) groups is 1. The lowest BCUT2D eigenvalue weighted by molar-refractivity contribution is -0.134. The number of hydrogen-bond acceptors (Lipinski definition) is 2. The number of likely N-dealkylation sites (tertiary alicyclic amines) is 1. The third-order valence-corrected chi connectivity index (χ3v) is 2.78. The van der Waals surface area contributed by atoms with Crippen LogP contribution in [0.4, 0.5) is 4.39 Å². The minimum Gasteiger partial charge on any atom is -0.383 e. The highest BCUT2D eigenvalue weighted by molar-refractivity contribution is 5.83. The van der Waals surface area contributed by atoms with Crippen molar-refractivity contribution < 1.29 is 14.3 Å². The van der Waals surface area contributed by atoms with E-state index in [9.17, 15) is 14.3 Å². The lowest BCUT2D eigenvalue weighted by Gasteiger charge is -2.19. The summed E-state index contributed by atoms with van der Waals surface area (Å²) in [7, 11) is 1.62. The predicted octanol–water partition coefficient (Wildman–Crippen LogP) is 1.09. The van der Waals surface area contributed by atoms with Crippen LogP contribution in [0.25, 0.3) is 0 Å². The van der Waals surface area contributed by atoms with Crippen LogP contribution in [0, 0.1) is 5.82 Å². The molecule has 1 aromatic rings. The molecule has 1 fully saturated rings. The Morgan fingerprint density at radius 3 is 2.80 bits per heavy atom. The van der Waals surface area contributed by atoms with Gasteiger partial charge in [-0.25, -0.2) is 4.39 Å². The molecular weight excluding hydrogens is 197 g/mol. The second-order valence-corrected chi connectivity index (χ2v) is 3.77. The van der Waals surface area contributed by atoms with Crippen molar-refractivity contribution in [3.8, 4) is 0 Å². The van der Waals surface area contributed by atoms with E-state index in [0.717, 1.165) is 5.56 Å². The highest BCUT2D eigenvalue weighted by Crippen LogP contribution is 2.31. The van der Waals surface area contributed by atoms with Crippen LogP contribution in [0.5, 0.6) is 0 Å². The summed E-state index contributed by atoms with van der Waals surface area (Å²) in [6, 6.07) is 5.90. The Hall–Kier alpha value is -1.42. The van der Waals surface area contributed by atoms with Gasteiger partial charge in [-0.05, 0) is 17.7 Å². The number of aliphatic hydroxyl groups excluding tert-OH is 1. The fourth-order valence-electron chi connectivity index (χ4n) is 1.93. The maximum Gasteiger partial charge on any atom is 0.251 e. The van der Waals surface area contributed by atoms with Crippen molar-refractivity contribution in [2.45, 2.75) is 18.6 Å². The number of benzene rings is 1. The molecule has 1 saturated heterocycles. The number of carbonyl (C=O) groups excluding carboxylic acids is 1. The number of likely N-dealkylation sites (N-methyl/N-ethyl adjacent to an activating group) is 1. The third kappa shape index (κ3) is 1.72. The number of hydrogen-bond donors (Lipinski definition) is 1. The van der Waals surface area contributed by atoms with E-state index in [0.29, 0.717) is 6.42 Å². The number of amides is 1. The van der Waals surface area contributed by atoms with Gasteiger partial charge in [0.1, 0.15) is 11.9 Å². The first-order valence-corrected chi connectivity index (χ1v) is 4.80. The van der Waals surface area contributed by atoms with Gasteiger partial charge in [0.05, 0.1) is 6.04 Å². The van der Waals surface area contributed by atoms with Gasteiger partial charge < -0.3 is 10.0 Å². The van der Waals surface area contributed by atoms with E-state index in [4.69, 9.17) is 0 Å². The molecule has 2 rings (SSSR count). The number of rotatable bonds is 1. The van der Waals surface area contributed by atoms with Gasteiger partial charge in [-0.1, -0.05) is 12.1 Å². The molecule has 3 nitrogen and oxygen atoms in total. The Kier molecular flexibility index (Phi) is 2.44. The van der Waals surface area contributed by atoms with E-state index in [-0.39, 0.29) is 17.8 Å². The second kappa shape index (κ2) is 3.62. The first-order valence-electron chi connectivity index (χ1n) is 4.80. The Morgan fingerprint density at radius 2 is 2.27 bits per heavy atom. The van der Waals surface area contributed by atoms with E-state index in [1.54, 1.807) is 19.2 Å². The molecule has 1 N–H and O–H groups in total. The summed E-state index contributed by atoms with van der Waals surface area (Å²) < 4.78 is 13.0. The first-order chi connectivity index (χ1) is 7.09. The molecule has 80 valence electrons. The number of aliphatic hydroxyl groups is 1. The topological polar surface area (TPSA) is 40.5 Å². The molecule has 2 atom stereocenters. The molecule has 1 aromatic carbocycles. The van der Waals surface area contributed by atoms with Crippen molar-refractivity contribution in [1.29, 1.82) is 0 Å². The van der Waals surface area contributed by atoms with Gasteiger partial charge in [0, 0.05) is 13.5 Å². The molecule has 0 radical (unpaired) electrons. The van der Waals surface area contributed by atoms with Crippen LogP contribution in [0.3, 0.4) is 0 Å². The van der Waals surface area contributed by atoms with Crippen molar-refractivity contribution in [3.05, 3.63) is 35.6 Å². The number of halogens is 1. The lowest BCUT2D eigenvalue weighted by Crippen LogP contribution is -2.26. The largest absolute Gasteiger partial charge is 0.383 e. The van der Waals surface area contributed by atoms with Crippen molar-refractivity contribution in [3.63, 3.8) is 0 Å². The fourth-order valence-corrected chi connectivity index (χ4v) is 1.93. The van der Waals surface area contributed by atoms with Crippen molar-refractivity contribution >= 4 is 5.91 Å². The zero-order chi connectivity index (χ0) is 11.0. The van der Waals surface area contributed by atoms with Crippen LogP contribution in [-0.2, 0) is 4.79 Å². The van der Waals surface area contributed by atoms with Gasteiger partial charge in [-0.15, -0.1) is 0 Å². The summed E-state index contributed by atoms with van der Waals surface area (Å²) in [6.45, 7) is 0. The molecule has 1 aliphatic heterocycles. The Morgan fingerprint density at radius 1 is 1.53 bits per heavy atom. The fraction of sp³-hybridized carbons (Fsp3) is 0.364. The molecule has 0 aromatic heterocycles. The highest BCUT2D eigenvalue weighted by Gasteiger charge is 2.36. The second-order valence-electron chi connectivity index (χ2n) is 3.77. The lowest BCUT2D eigenvalue weighted by atomic mass is 10.0. The predicted molar refractivity (Wildman–Crippen MR) is 52.5 cm³/mol. The normalized spacial score (nSPS) is 26.1. The summed E-state index contributed by atoms with van der Waals surface area (Å²) >= 11 is 0. The molecule has 0 spiro atoms. The van der Waals surface area contributed by atoms with Gasteiger partial charge in [-0.3, -0.25) is 4.79 Å². The molecule has 1 amide bonds. The molecule has 0 unspecified atom stereocenters.